The molecule has 4 heteroatoms. The molecule has 2 N–H and O–H groups in total. The number of hydrogen-bond acceptors (Lipinski definition) is 3. The summed E-state index contributed by atoms with van der Waals surface area (Å²) in [6, 6.07) is -0.126. The van der Waals surface area contributed by atoms with Crippen molar-refractivity contribution >= 4 is 18.4 Å². The molecule has 0 aromatic carbocycles. The number of carbonyl (C=O) groups is 1. The Balaban J connectivity index is 0. The van der Waals surface area contributed by atoms with Crippen LogP contribution in [-0.4, -0.2) is 18.6 Å². The van der Waals surface area contributed by atoms with E-state index in [9.17, 15) is 4.79 Å². The van der Waals surface area contributed by atoms with E-state index in [-0.39, 0.29) is 30.3 Å². The standard InChI is InChI=1S/C7H15NO2.ClH/c1-4-10-7(9)5(2)6(3)8;/h5-6H,4,8H2,1-3H3;1H/t5?,6-;/m1./s1. The van der Waals surface area contributed by atoms with Crippen LogP contribution in [0.2, 0.25) is 0 Å². The van der Waals surface area contributed by atoms with Crippen LogP contribution in [0.4, 0.5) is 0 Å². The largest absolute Gasteiger partial charge is 0.466 e. The van der Waals surface area contributed by atoms with E-state index in [2.05, 4.69) is 0 Å². The molecule has 0 rings (SSSR count). The minimum atomic E-state index is -0.211. The van der Waals surface area contributed by atoms with Crippen LogP contribution in [0.15, 0.2) is 0 Å². The highest BCUT2D eigenvalue weighted by atomic mass is 35.5. The lowest BCUT2D eigenvalue weighted by atomic mass is 10.1. The van der Waals surface area contributed by atoms with Crippen molar-refractivity contribution in [3.05, 3.63) is 0 Å². The highest BCUT2D eigenvalue weighted by molar-refractivity contribution is 5.85. The van der Waals surface area contributed by atoms with Crippen LogP contribution in [-0.2, 0) is 9.53 Å². The molecule has 11 heavy (non-hydrogen) atoms. The fourth-order valence-electron chi connectivity index (χ4n) is 0.488. The Hall–Kier alpha value is -0.280. The van der Waals surface area contributed by atoms with E-state index < -0.39 is 0 Å². The molecule has 0 aromatic heterocycles. The molecule has 0 heterocycles. The lowest BCUT2D eigenvalue weighted by Crippen LogP contribution is -2.31. The smallest absolute Gasteiger partial charge is 0.310 e. The van der Waals surface area contributed by atoms with Crippen molar-refractivity contribution in [2.24, 2.45) is 11.7 Å². The van der Waals surface area contributed by atoms with Gasteiger partial charge >= 0.3 is 5.97 Å². The van der Waals surface area contributed by atoms with Crippen LogP contribution in [0.1, 0.15) is 20.8 Å². The number of esters is 1. The quantitative estimate of drug-likeness (QED) is 0.660. The summed E-state index contributed by atoms with van der Waals surface area (Å²) in [5, 5.41) is 0. The van der Waals surface area contributed by atoms with E-state index in [0.29, 0.717) is 6.61 Å². The van der Waals surface area contributed by atoms with Crippen LogP contribution < -0.4 is 5.73 Å². The molecule has 0 saturated heterocycles. The molecule has 0 aliphatic carbocycles. The highest BCUT2D eigenvalue weighted by Gasteiger charge is 2.17. The number of rotatable bonds is 3. The summed E-state index contributed by atoms with van der Waals surface area (Å²) in [7, 11) is 0. The Morgan fingerprint density at radius 3 is 2.27 bits per heavy atom. The van der Waals surface area contributed by atoms with E-state index in [1.807, 2.05) is 0 Å². The Labute approximate surface area is 73.7 Å². The van der Waals surface area contributed by atoms with Gasteiger partial charge in [0.15, 0.2) is 0 Å². The molecule has 68 valence electrons. The molecule has 2 atom stereocenters. The van der Waals surface area contributed by atoms with Crippen LogP contribution in [0.3, 0.4) is 0 Å². The molecular formula is C7H16ClNO2. The molecule has 0 aliphatic heterocycles. The Bertz CT molecular complexity index is 117. The van der Waals surface area contributed by atoms with Gasteiger partial charge in [-0.25, -0.2) is 0 Å². The molecule has 0 amide bonds. The summed E-state index contributed by atoms with van der Waals surface area (Å²) in [4.78, 5) is 10.9. The van der Waals surface area contributed by atoms with Crippen molar-refractivity contribution in [1.29, 1.82) is 0 Å². The zero-order valence-electron chi connectivity index (χ0n) is 7.16. The van der Waals surface area contributed by atoms with Crippen molar-refractivity contribution in [3.8, 4) is 0 Å². The fourth-order valence-corrected chi connectivity index (χ4v) is 0.488. The first-order valence-electron chi connectivity index (χ1n) is 3.51. The van der Waals surface area contributed by atoms with Gasteiger partial charge in [-0.1, -0.05) is 6.92 Å². The SMILES string of the molecule is CCOC(=O)C(C)[C@@H](C)N.Cl. The first kappa shape index (κ1) is 13.3. The Morgan fingerprint density at radius 2 is 2.00 bits per heavy atom. The first-order chi connectivity index (χ1) is 4.59. The molecule has 0 bridgehead atoms. The van der Waals surface area contributed by atoms with Crippen molar-refractivity contribution < 1.29 is 9.53 Å². The van der Waals surface area contributed by atoms with Crippen molar-refractivity contribution in [1.82, 2.24) is 0 Å². The normalized spacial score (nSPS) is 14.5. The van der Waals surface area contributed by atoms with Crippen molar-refractivity contribution in [2.45, 2.75) is 26.8 Å². The molecule has 1 unspecified atom stereocenters. The van der Waals surface area contributed by atoms with Gasteiger partial charge in [-0.05, 0) is 13.8 Å². The maximum atomic E-state index is 10.9. The molecule has 3 nitrogen and oxygen atoms in total. The van der Waals surface area contributed by atoms with E-state index in [1.165, 1.54) is 0 Å². The third-order valence-corrected chi connectivity index (χ3v) is 1.45. The average Bonchev–Trinajstić information content (AvgIpc) is 1.87. The monoisotopic (exact) mass is 181 g/mol. The summed E-state index contributed by atoms with van der Waals surface area (Å²) in [5.41, 5.74) is 5.47. The zero-order chi connectivity index (χ0) is 8.15. The molecule has 0 saturated carbocycles. The van der Waals surface area contributed by atoms with Gasteiger partial charge in [0.25, 0.3) is 0 Å². The lowest BCUT2D eigenvalue weighted by Gasteiger charge is -2.12. The van der Waals surface area contributed by atoms with E-state index in [4.69, 9.17) is 10.5 Å². The molecule has 0 fully saturated rings. The lowest BCUT2D eigenvalue weighted by molar-refractivity contribution is -0.147. The number of halogens is 1. The van der Waals surface area contributed by atoms with Gasteiger partial charge in [0, 0.05) is 6.04 Å². The number of hydrogen-bond donors (Lipinski definition) is 1. The van der Waals surface area contributed by atoms with E-state index >= 15 is 0 Å². The summed E-state index contributed by atoms with van der Waals surface area (Å²) in [6.07, 6.45) is 0. The van der Waals surface area contributed by atoms with Gasteiger partial charge in [0.1, 0.15) is 0 Å². The summed E-state index contributed by atoms with van der Waals surface area (Å²) in [5.74, 6) is -0.405. The number of carbonyl (C=O) groups excluding carboxylic acids is 1. The summed E-state index contributed by atoms with van der Waals surface area (Å²) < 4.78 is 4.75. The summed E-state index contributed by atoms with van der Waals surface area (Å²) in [6.45, 7) is 5.77. The number of ether oxygens (including phenoxy) is 1. The molecule has 0 radical (unpaired) electrons. The summed E-state index contributed by atoms with van der Waals surface area (Å²) >= 11 is 0. The second kappa shape index (κ2) is 6.43. The first-order valence-corrected chi connectivity index (χ1v) is 3.51. The fraction of sp³-hybridized carbons (Fsp3) is 0.857. The van der Waals surface area contributed by atoms with E-state index in [0.717, 1.165) is 0 Å². The van der Waals surface area contributed by atoms with Crippen molar-refractivity contribution in [3.63, 3.8) is 0 Å². The zero-order valence-corrected chi connectivity index (χ0v) is 7.98. The average molecular weight is 182 g/mol. The highest BCUT2D eigenvalue weighted by Crippen LogP contribution is 2.01. The predicted molar refractivity (Wildman–Crippen MR) is 46.7 cm³/mol. The van der Waals surface area contributed by atoms with Gasteiger partial charge < -0.3 is 10.5 Å². The molecule has 0 aromatic rings. The number of nitrogens with two attached hydrogens (primary N) is 1. The molecular weight excluding hydrogens is 166 g/mol. The molecule has 0 aliphatic rings. The second-order valence-electron chi connectivity index (χ2n) is 2.40. The van der Waals surface area contributed by atoms with E-state index in [1.54, 1.807) is 20.8 Å². The maximum absolute atomic E-state index is 10.9. The van der Waals surface area contributed by atoms with Gasteiger partial charge in [-0.15, -0.1) is 12.4 Å². The van der Waals surface area contributed by atoms with Crippen LogP contribution in [0.25, 0.3) is 0 Å². The molecule has 0 spiro atoms. The second-order valence-corrected chi connectivity index (χ2v) is 2.40. The van der Waals surface area contributed by atoms with Crippen molar-refractivity contribution in [2.75, 3.05) is 6.61 Å². The minimum absolute atomic E-state index is 0. The maximum Gasteiger partial charge on any atom is 0.310 e. The van der Waals surface area contributed by atoms with Crippen LogP contribution in [0.5, 0.6) is 0 Å². The minimum Gasteiger partial charge on any atom is -0.466 e. The van der Waals surface area contributed by atoms with Gasteiger partial charge in [0.2, 0.25) is 0 Å². The van der Waals surface area contributed by atoms with Crippen LogP contribution >= 0.6 is 12.4 Å². The van der Waals surface area contributed by atoms with Gasteiger partial charge in [-0.3, -0.25) is 4.79 Å². The predicted octanol–water partition coefficient (Wildman–Crippen LogP) is 0.955. The topological polar surface area (TPSA) is 52.3 Å². The van der Waals surface area contributed by atoms with Gasteiger partial charge in [0.05, 0.1) is 12.5 Å². The Kier molecular flexibility index (Phi) is 7.79. The third kappa shape index (κ3) is 5.04. The van der Waals surface area contributed by atoms with Crippen LogP contribution in [0, 0.1) is 5.92 Å². The van der Waals surface area contributed by atoms with Gasteiger partial charge in [-0.2, -0.15) is 0 Å². The Morgan fingerprint density at radius 1 is 1.55 bits per heavy atom. The third-order valence-electron chi connectivity index (χ3n) is 1.45.